The Morgan fingerprint density at radius 1 is 1.38 bits per heavy atom. The molecule has 0 amide bonds. The fraction of sp³-hybridized carbons (Fsp3) is 1.00. The van der Waals surface area contributed by atoms with E-state index < -0.39 is 12.1 Å². The van der Waals surface area contributed by atoms with Gasteiger partial charge in [0.1, 0.15) is 0 Å². The predicted octanol–water partition coefficient (Wildman–Crippen LogP) is 2.30. The quantitative estimate of drug-likeness (QED) is 0.744. The first-order chi connectivity index (χ1) is 7.45. The zero-order valence-corrected chi connectivity index (χ0v) is 9.52. The van der Waals surface area contributed by atoms with Crippen LogP contribution in [0.4, 0.5) is 13.2 Å². The lowest BCUT2D eigenvalue weighted by molar-refractivity contribution is -0.170. The Kier molecular flexibility index (Phi) is 3.18. The summed E-state index contributed by atoms with van der Waals surface area (Å²) in [4.78, 5) is 1.95. The summed E-state index contributed by atoms with van der Waals surface area (Å²) in [5.41, 5.74) is 0.162. The standard InChI is InChI=1S/C11H18F3NO/c1-16-8-10(3-4-10)7-15-5-2-9(6-15)11(12,13)14/h9H,2-8H2,1H3. The maximum absolute atomic E-state index is 12.5. The molecule has 16 heavy (non-hydrogen) atoms. The maximum atomic E-state index is 12.5. The normalized spacial score (nSPS) is 29.6. The van der Waals surface area contributed by atoms with E-state index >= 15 is 0 Å². The molecular formula is C11H18F3NO. The first kappa shape index (κ1) is 12.2. The Bertz CT molecular complexity index is 250. The van der Waals surface area contributed by atoms with Crippen LogP contribution in [-0.2, 0) is 4.74 Å². The van der Waals surface area contributed by atoms with Gasteiger partial charge in [-0.05, 0) is 25.8 Å². The molecule has 94 valence electrons. The molecule has 1 unspecified atom stereocenters. The highest BCUT2D eigenvalue weighted by Crippen LogP contribution is 2.47. The average Bonchev–Trinajstić information content (AvgIpc) is 2.75. The van der Waals surface area contributed by atoms with Gasteiger partial charge >= 0.3 is 6.18 Å². The van der Waals surface area contributed by atoms with Gasteiger partial charge in [-0.2, -0.15) is 13.2 Å². The Balaban J connectivity index is 1.81. The van der Waals surface area contributed by atoms with E-state index in [9.17, 15) is 13.2 Å². The van der Waals surface area contributed by atoms with E-state index in [2.05, 4.69) is 0 Å². The second-order valence-corrected chi connectivity index (χ2v) is 5.20. The molecule has 2 fully saturated rings. The van der Waals surface area contributed by atoms with Crippen molar-refractivity contribution in [3.05, 3.63) is 0 Å². The molecule has 2 nitrogen and oxygen atoms in total. The summed E-state index contributed by atoms with van der Waals surface area (Å²) in [6.07, 6.45) is -1.58. The van der Waals surface area contributed by atoms with Crippen molar-refractivity contribution in [2.75, 3.05) is 33.4 Å². The van der Waals surface area contributed by atoms with Crippen molar-refractivity contribution in [2.24, 2.45) is 11.3 Å². The first-order valence-corrected chi connectivity index (χ1v) is 5.73. The maximum Gasteiger partial charge on any atom is 0.393 e. The van der Waals surface area contributed by atoms with Crippen LogP contribution in [0.15, 0.2) is 0 Å². The Morgan fingerprint density at radius 2 is 2.06 bits per heavy atom. The zero-order chi connectivity index (χ0) is 11.8. The van der Waals surface area contributed by atoms with Gasteiger partial charge < -0.3 is 9.64 Å². The van der Waals surface area contributed by atoms with E-state index in [1.54, 1.807) is 7.11 Å². The van der Waals surface area contributed by atoms with Gasteiger partial charge in [0.05, 0.1) is 12.5 Å². The molecule has 2 rings (SSSR count). The topological polar surface area (TPSA) is 12.5 Å². The van der Waals surface area contributed by atoms with Crippen molar-refractivity contribution in [3.8, 4) is 0 Å². The van der Waals surface area contributed by atoms with Gasteiger partial charge in [0, 0.05) is 25.6 Å². The number of halogens is 3. The second-order valence-electron chi connectivity index (χ2n) is 5.20. The number of ether oxygens (including phenoxy) is 1. The van der Waals surface area contributed by atoms with Crippen molar-refractivity contribution in [1.29, 1.82) is 0 Å². The zero-order valence-electron chi connectivity index (χ0n) is 9.52. The van der Waals surface area contributed by atoms with Crippen LogP contribution in [0.1, 0.15) is 19.3 Å². The summed E-state index contributed by atoms with van der Waals surface area (Å²) < 4.78 is 42.6. The van der Waals surface area contributed by atoms with E-state index in [4.69, 9.17) is 4.74 Å². The molecule has 1 aliphatic carbocycles. The third-order valence-corrected chi connectivity index (χ3v) is 3.70. The summed E-state index contributed by atoms with van der Waals surface area (Å²) >= 11 is 0. The Hall–Kier alpha value is -0.290. The van der Waals surface area contributed by atoms with Gasteiger partial charge in [-0.3, -0.25) is 0 Å². The molecule has 0 aromatic heterocycles. The monoisotopic (exact) mass is 237 g/mol. The third kappa shape index (κ3) is 2.69. The van der Waals surface area contributed by atoms with E-state index in [0.717, 1.165) is 19.4 Å². The van der Waals surface area contributed by atoms with Crippen LogP contribution >= 0.6 is 0 Å². The summed E-state index contributed by atoms with van der Waals surface area (Å²) in [6.45, 7) is 2.21. The van der Waals surface area contributed by atoms with Gasteiger partial charge in [0.15, 0.2) is 0 Å². The summed E-state index contributed by atoms with van der Waals surface area (Å²) in [6, 6.07) is 0. The molecule has 0 radical (unpaired) electrons. The Labute approximate surface area is 93.7 Å². The van der Waals surface area contributed by atoms with Crippen molar-refractivity contribution < 1.29 is 17.9 Å². The first-order valence-electron chi connectivity index (χ1n) is 5.73. The van der Waals surface area contributed by atoms with E-state index in [0.29, 0.717) is 13.2 Å². The molecule has 0 spiro atoms. The lowest BCUT2D eigenvalue weighted by Gasteiger charge is -2.23. The van der Waals surface area contributed by atoms with Crippen LogP contribution in [0, 0.1) is 11.3 Å². The molecule has 0 aromatic carbocycles. The van der Waals surface area contributed by atoms with Crippen LogP contribution in [0.2, 0.25) is 0 Å². The van der Waals surface area contributed by atoms with Crippen LogP contribution < -0.4 is 0 Å². The number of hydrogen-bond acceptors (Lipinski definition) is 2. The highest BCUT2D eigenvalue weighted by atomic mass is 19.4. The van der Waals surface area contributed by atoms with Gasteiger partial charge in [0.25, 0.3) is 0 Å². The van der Waals surface area contributed by atoms with Crippen LogP contribution in [-0.4, -0.2) is 44.4 Å². The number of alkyl halides is 3. The number of hydrogen-bond donors (Lipinski definition) is 0. The van der Waals surface area contributed by atoms with E-state index in [1.165, 1.54) is 0 Å². The van der Waals surface area contributed by atoms with Gasteiger partial charge in [-0.15, -0.1) is 0 Å². The lowest BCUT2D eigenvalue weighted by Crippen LogP contribution is -2.33. The molecule has 1 atom stereocenters. The van der Waals surface area contributed by atoms with Crippen molar-refractivity contribution >= 4 is 0 Å². The largest absolute Gasteiger partial charge is 0.393 e. The second kappa shape index (κ2) is 4.18. The minimum Gasteiger partial charge on any atom is -0.384 e. The molecule has 5 heteroatoms. The fourth-order valence-electron chi connectivity index (χ4n) is 2.55. The fourth-order valence-corrected chi connectivity index (χ4v) is 2.55. The van der Waals surface area contributed by atoms with Crippen LogP contribution in [0.5, 0.6) is 0 Å². The van der Waals surface area contributed by atoms with E-state index in [1.807, 2.05) is 4.90 Å². The summed E-state index contributed by atoms with van der Waals surface area (Å²) in [7, 11) is 1.66. The Morgan fingerprint density at radius 3 is 2.50 bits per heavy atom. The molecule has 0 bridgehead atoms. The lowest BCUT2D eigenvalue weighted by atomic mass is 10.1. The molecular weight excluding hydrogens is 219 g/mol. The number of methoxy groups -OCH3 is 1. The SMILES string of the molecule is COCC1(CN2CCC(C(F)(F)F)C2)CC1. The molecule has 0 aromatic rings. The number of nitrogens with zero attached hydrogens (tertiary/aromatic N) is 1. The highest BCUT2D eigenvalue weighted by Gasteiger charge is 2.48. The summed E-state index contributed by atoms with van der Waals surface area (Å²) in [5.74, 6) is -1.12. The van der Waals surface area contributed by atoms with Crippen molar-refractivity contribution in [1.82, 2.24) is 4.90 Å². The minimum atomic E-state index is -4.02. The van der Waals surface area contributed by atoms with Crippen LogP contribution in [0.25, 0.3) is 0 Å². The smallest absolute Gasteiger partial charge is 0.384 e. The molecule has 1 saturated heterocycles. The average molecular weight is 237 g/mol. The van der Waals surface area contributed by atoms with E-state index in [-0.39, 0.29) is 18.4 Å². The van der Waals surface area contributed by atoms with Crippen LogP contribution in [0.3, 0.4) is 0 Å². The molecule has 1 saturated carbocycles. The highest BCUT2D eigenvalue weighted by molar-refractivity contribution is 4.97. The van der Waals surface area contributed by atoms with Crippen molar-refractivity contribution in [2.45, 2.75) is 25.4 Å². The number of rotatable bonds is 4. The number of likely N-dealkylation sites (tertiary alicyclic amines) is 1. The van der Waals surface area contributed by atoms with Gasteiger partial charge in [0.2, 0.25) is 0 Å². The summed E-state index contributed by atoms with van der Waals surface area (Å²) in [5, 5.41) is 0. The molecule has 1 aliphatic heterocycles. The molecule has 2 aliphatic rings. The third-order valence-electron chi connectivity index (χ3n) is 3.70. The molecule has 0 N–H and O–H groups in total. The molecule has 1 heterocycles. The van der Waals surface area contributed by atoms with Gasteiger partial charge in [-0.1, -0.05) is 0 Å². The van der Waals surface area contributed by atoms with Gasteiger partial charge in [-0.25, -0.2) is 0 Å². The van der Waals surface area contributed by atoms with Crippen molar-refractivity contribution in [3.63, 3.8) is 0 Å². The predicted molar refractivity (Wildman–Crippen MR) is 54.1 cm³/mol. The minimum absolute atomic E-state index is 0.162.